The van der Waals surface area contributed by atoms with E-state index in [2.05, 4.69) is 19.6 Å². The van der Waals surface area contributed by atoms with Gasteiger partial charge in [-0.3, -0.25) is 0 Å². The van der Waals surface area contributed by atoms with Crippen molar-refractivity contribution in [3.63, 3.8) is 0 Å². The molecule has 0 aromatic carbocycles. The predicted molar refractivity (Wildman–Crippen MR) is 56.1 cm³/mol. The fourth-order valence-corrected chi connectivity index (χ4v) is 5.46. The Kier molecular flexibility index (Phi) is 1.45. The van der Waals surface area contributed by atoms with Crippen LogP contribution in [0.1, 0.15) is 25.7 Å². The molecule has 0 N–H and O–H groups in total. The molecule has 0 unspecified atom stereocenters. The molecule has 0 aromatic rings. The maximum Gasteiger partial charge on any atom is 0.184 e. The summed E-state index contributed by atoms with van der Waals surface area (Å²) in [5.41, 5.74) is 0.424. The Morgan fingerprint density at radius 3 is 2.54 bits per heavy atom. The summed E-state index contributed by atoms with van der Waals surface area (Å²) in [6.45, 7) is 7.01. The molecule has 3 rings (SSSR count). The molecule has 0 amide bonds. The van der Waals surface area contributed by atoms with Gasteiger partial charge in [0.25, 0.3) is 0 Å². The topological polar surface area (TPSA) is 9.23 Å². The summed E-state index contributed by atoms with van der Waals surface area (Å²) in [6.07, 6.45) is 5.87. The van der Waals surface area contributed by atoms with Gasteiger partial charge in [-0.05, 0) is 63.1 Å². The van der Waals surface area contributed by atoms with E-state index in [1.165, 1.54) is 25.7 Å². The number of rotatable bonds is 2. The van der Waals surface area contributed by atoms with Crippen LogP contribution in [0.5, 0.6) is 0 Å². The van der Waals surface area contributed by atoms with Crippen LogP contribution < -0.4 is 0 Å². The van der Waals surface area contributed by atoms with Gasteiger partial charge in [0.15, 0.2) is 8.32 Å². The zero-order chi connectivity index (χ0) is 9.27. The van der Waals surface area contributed by atoms with Crippen LogP contribution in [0.4, 0.5) is 0 Å². The molecule has 0 radical (unpaired) electrons. The molecule has 3 aliphatic rings. The van der Waals surface area contributed by atoms with Crippen molar-refractivity contribution in [1.82, 2.24) is 0 Å². The largest absolute Gasteiger partial charge is 0.412 e. The van der Waals surface area contributed by atoms with E-state index in [0.717, 1.165) is 17.8 Å². The van der Waals surface area contributed by atoms with Crippen LogP contribution in [-0.2, 0) is 4.43 Å². The van der Waals surface area contributed by atoms with Gasteiger partial charge >= 0.3 is 0 Å². The second-order valence-electron chi connectivity index (χ2n) is 6.25. The normalized spacial score (nSPS) is 52.4. The first-order chi connectivity index (χ1) is 6.01. The summed E-state index contributed by atoms with van der Waals surface area (Å²) in [6, 6.07) is 0. The Hall–Kier alpha value is 0.177. The van der Waals surface area contributed by atoms with Gasteiger partial charge in [0.1, 0.15) is 0 Å². The van der Waals surface area contributed by atoms with Crippen LogP contribution in [0.2, 0.25) is 19.6 Å². The highest BCUT2D eigenvalue weighted by molar-refractivity contribution is 6.69. The van der Waals surface area contributed by atoms with E-state index in [9.17, 15) is 0 Å². The molecule has 2 heteroatoms. The average Bonchev–Trinajstić information content (AvgIpc) is 2.47. The third kappa shape index (κ3) is 1.08. The van der Waals surface area contributed by atoms with Crippen LogP contribution in [0.25, 0.3) is 0 Å². The Balaban J connectivity index is 1.79. The first-order valence-electron chi connectivity index (χ1n) is 5.71. The van der Waals surface area contributed by atoms with Gasteiger partial charge in [-0.1, -0.05) is 0 Å². The zero-order valence-electron chi connectivity index (χ0n) is 8.97. The Labute approximate surface area is 82.0 Å². The van der Waals surface area contributed by atoms with E-state index in [1.807, 2.05) is 0 Å². The van der Waals surface area contributed by atoms with Crippen LogP contribution in [0, 0.1) is 17.8 Å². The molecule has 3 saturated carbocycles. The third-order valence-corrected chi connectivity index (χ3v) is 5.23. The lowest BCUT2D eigenvalue weighted by atomic mass is 9.98. The van der Waals surface area contributed by atoms with Crippen molar-refractivity contribution in [3.8, 4) is 0 Å². The van der Waals surface area contributed by atoms with Crippen LogP contribution in [-0.4, -0.2) is 13.9 Å². The highest BCUT2D eigenvalue weighted by Crippen LogP contribution is 2.70. The first kappa shape index (κ1) is 8.48. The van der Waals surface area contributed by atoms with Crippen molar-refractivity contribution in [1.29, 1.82) is 0 Å². The number of hydrogen-bond donors (Lipinski definition) is 0. The van der Waals surface area contributed by atoms with E-state index in [1.54, 1.807) is 0 Å². The molecule has 0 heterocycles. The summed E-state index contributed by atoms with van der Waals surface area (Å²) < 4.78 is 6.43. The molecule has 3 fully saturated rings. The standard InChI is InChI=1S/C11H20OSi/c1-13(2,3)12-11-7-10(11)8-4-5-9(11)6-8/h8-10H,4-7H2,1-3H3/t8-,9+,10+,11+/m1/s1. The summed E-state index contributed by atoms with van der Waals surface area (Å²) in [7, 11) is -1.29. The Morgan fingerprint density at radius 2 is 2.00 bits per heavy atom. The van der Waals surface area contributed by atoms with Crippen molar-refractivity contribution >= 4 is 8.32 Å². The fraction of sp³-hybridized carbons (Fsp3) is 1.00. The highest BCUT2D eigenvalue weighted by atomic mass is 28.4. The van der Waals surface area contributed by atoms with Gasteiger partial charge in [-0.2, -0.15) is 0 Å². The predicted octanol–water partition coefficient (Wildman–Crippen LogP) is 3.03. The molecule has 0 saturated heterocycles. The first-order valence-corrected chi connectivity index (χ1v) is 9.12. The summed E-state index contributed by atoms with van der Waals surface area (Å²) >= 11 is 0. The maximum absolute atomic E-state index is 6.43. The van der Waals surface area contributed by atoms with Crippen molar-refractivity contribution in [2.24, 2.45) is 17.8 Å². The number of fused-ring (bicyclic) bond motifs is 5. The van der Waals surface area contributed by atoms with E-state index in [4.69, 9.17) is 4.43 Å². The lowest BCUT2D eigenvalue weighted by molar-refractivity contribution is 0.0984. The zero-order valence-corrected chi connectivity index (χ0v) is 9.97. The molecule has 13 heavy (non-hydrogen) atoms. The molecule has 1 nitrogen and oxygen atoms in total. The average molecular weight is 196 g/mol. The van der Waals surface area contributed by atoms with Crippen molar-refractivity contribution in [2.45, 2.75) is 50.9 Å². The minimum Gasteiger partial charge on any atom is -0.412 e. The molecule has 0 spiro atoms. The van der Waals surface area contributed by atoms with Gasteiger partial charge < -0.3 is 4.43 Å². The van der Waals surface area contributed by atoms with Crippen molar-refractivity contribution in [2.75, 3.05) is 0 Å². The monoisotopic (exact) mass is 196 g/mol. The maximum atomic E-state index is 6.43. The van der Waals surface area contributed by atoms with Gasteiger partial charge in [0.05, 0.1) is 5.60 Å². The van der Waals surface area contributed by atoms with E-state index in [-0.39, 0.29) is 0 Å². The third-order valence-electron chi connectivity index (χ3n) is 4.24. The summed E-state index contributed by atoms with van der Waals surface area (Å²) in [5, 5.41) is 0. The number of hydrogen-bond acceptors (Lipinski definition) is 1. The lowest BCUT2D eigenvalue weighted by Gasteiger charge is -2.31. The van der Waals surface area contributed by atoms with Gasteiger partial charge in [0.2, 0.25) is 0 Å². The van der Waals surface area contributed by atoms with E-state index in [0.29, 0.717) is 5.60 Å². The van der Waals surface area contributed by atoms with Gasteiger partial charge in [-0.25, -0.2) is 0 Å². The Morgan fingerprint density at radius 1 is 1.23 bits per heavy atom. The second-order valence-corrected chi connectivity index (χ2v) is 10.7. The van der Waals surface area contributed by atoms with Crippen LogP contribution >= 0.6 is 0 Å². The molecule has 2 bridgehead atoms. The minimum atomic E-state index is -1.29. The highest BCUT2D eigenvalue weighted by Gasteiger charge is 2.70. The van der Waals surface area contributed by atoms with Crippen molar-refractivity contribution in [3.05, 3.63) is 0 Å². The van der Waals surface area contributed by atoms with Gasteiger partial charge in [0, 0.05) is 0 Å². The molecule has 0 aromatic heterocycles. The van der Waals surface area contributed by atoms with Crippen LogP contribution in [0.3, 0.4) is 0 Å². The minimum absolute atomic E-state index is 0.424. The lowest BCUT2D eigenvalue weighted by Crippen LogP contribution is -2.37. The summed E-state index contributed by atoms with van der Waals surface area (Å²) in [4.78, 5) is 0. The molecular weight excluding hydrogens is 176 g/mol. The fourth-order valence-electron chi connectivity index (χ4n) is 3.92. The Bertz CT molecular complexity index is 245. The van der Waals surface area contributed by atoms with Gasteiger partial charge in [-0.15, -0.1) is 0 Å². The molecule has 3 aliphatic carbocycles. The molecular formula is C11H20OSi. The smallest absolute Gasteiger partial charge is 0.184 e. The quantitative estimate of drug-likeness (QED) is 0.617. The van der Waals surface area contributed by atoms with Crippen LogP contribution in [0.15, 0.2) is 0 Å². The SMILES string of the molecule is C[Si](C)(C)O[C@]12C[C@H]1[C@@H]1CC[C@H]2C1. The molecule has 74 valence electrons. The summed E-state index contributed by atoms with van der Waals surface area (Å²) in [5.74, 6) is 2.99. The van der Waals surface area contributed by atoms with E-state index < -0.39 is 8.32 Å². The van der Waals surface area contributed by atoms with E-state index >= 15 is 0 Å². The van der Waals surface area contributed by atoms with Crippen molar-refractivity contribution < 1.29 is 4.43 Å². The molecule has 4 atom stereocenters. The second kappa shape index (κ2) is 2.22. The molecule has 0 aliphatic heterocycles.